The molecule has 6 N–H and O–H groups in total. The molecule has 27 heavy (non-hydrogen) atoms. The third-order valence-corrected chi connectivity index (χ3v) is 5.24. The van der Waals surface area contributed by atoms with E-state index in [1.807, 2.05) is 0 Å². The molecule has 0 bridgehead atoms. The Bertz CT molecular complexity index is 667. The molecule has 0 aromatic heterocycles. The third-order valence-electron chi connectivity index (χ3n) is 4.80. The molecule has 0 aromatic carbocycles. The third kappa shape index (κ3) is 4.40. The van der Waals surface area contributed by atoms with Gasteiger partial charge in [0, 0.05) is 6.42 Å². The Kier molecular flexibility index (Phi) is 5.75. The van der Waals surface area contributed by atoms with Gasteiger partial charge in [-0.2, -0.15) is 8.42 Å². The van der Waals surface area contributed by atoms with Crippen LogP contribution in [0.15, 0.2) is 0 Å². The molecule has 156 valence electrons. The van der Waals surface area contributed by atoms with Crippen molar-refractivity contribution in [1.29, 1.82) is 0 Å². The molecule has 0 spiro atoms. The number of aliphatic hydroxyl groups excluding tert-OH is 4. The minimum atomic E-state index is -4.83. The van der Waals surface area contributed by atoms with Crippen molar-refractivity contribution < 1.29 is 61.7 Å². The summed E-state index contributed by atoms with van der Waals surface area (Å²) in [7, 11) is -4.83. The lowest BCUT2D eigenvalue weighted by molar-refractivity contribution is -0.287. The van der Waals surface area contributed by atoms with Crippen molar-refractivity contribution in [3.05, 3.63) is 0 Å². The summed E-state index contributed by atoms with van der Waals surface area (Å²) in [4.78, 5) is 11.5. The number of ether oxygens (including phenoxy) is 3. The summed E-state index contributed by atoms with van der Waals surface area (Å²) in [6.07, 6.45) is -12.3. The molecular formula is C13H20O13S. The summed E-state index contributed by atoms with van der Waals surface area (Å²) in [5.74, 6) is -2.64. The predicted molar refractivity (Wildman–Crippen MR) is 79.5 cm³/mol. The molecule has 14 heteroatoms. The van der Waals surface area contributed by atoms with E-state index in [-0.39, 0.29) is 6.42 Å². The normalized spacial score (nSPS) is 47.3. The average Bonchev–Trinajstić information content (AvgIpc) is 3.33. The first kappa shape index (κ1) is 20.8. The predicted octanol–water partition coefficient (Wildman–Crippen LogP) is -3.77. The summed E-state index contributed by atoms with van der Waals surface area (Å²) in [5.41, 5.74) is 0. The second-order valence-electron chi connectivity index (χ2n) is 6.62. The van der Waals surface area contributed by atoms with Crippen LogP contribution in [0.3, 0.4) is 0 Å². The van der Waals surface area contributed by atoms with Crippen LogP contribution in [0.1, 0.15) is 6.42 Å². The maximum atomic E-state index is 11.5. The average molecular weight is 416 g/mol. The lowest BCUT2D eigenvalue weighted by Gasteiger charge is -2.41. The number of aliphatic carboxylic acids is 1. The first-order chi connectivity index (χ1) is 12.5. The van der Waals surface area contributed by atoms with Crippen LogP contribution in [0.2, 0.25) is 0 Å². The Morgan fingerprint density at radius 1 is 1.04 bits per heavy atom. The second-order valence-corrected chi connectivity index (χ2v) is 7.71. The Morgan fingerprint density at radius 3 is 2.30 bits per heavy atom. The number of carboxylic acid groups (broad SMARTS) is 1. The number of rotatable bonds is 6. The van der Waals surface area contributed by atoms with E-state index in [9.17, 15) is 38.7 Å². The van der Waals surface area contributed by atoms with E-state index in [4.69, 9.17) is 18.8 Å². The summed E-state index contributed by atoms with van der Waals surface area (Å²) >= 11 is 0. The van der Waals surface area contributed by atoms with Crippen LogP contribution in [0.25, 0.3) is 0 Å². The van der Waals surface area contributed by atoms with Gasteiger partial charge in [0.05, 0.1) is 12.7 Å². The molecule has 3 aliphatic rings. The standard InChI is InChI=1S/C13H20O13S/c14-3-1-5(24-4(7(3)15)2-23-27(20,21)22)25-10-6(13(18)19)11-12(26-11)9(17)8(10)16/h3-12,14-17H,1-2H2,(H,18,19)(H,20,21,22)/t3-,4?,5-,6?,7+,8-,9?,10-,11?,12+/m1/s1. The number of carboxylic acids is 1. The summed E-state index contributed by atoms with van der Waals surface area (Å²) in [6, 6.07) is 0. The SMILES string of the molecule is O=C(O)C1C2O[C@H]2C(O)[C@@H](O)[C@@H]1O[C@@H]1C[C@@H](O)[C@H](O)C(COS(=O)(=O)O)O1. The lowest BCUT2D eigenvalue weighted by Crippen LogP contribution is -2.58. The van der Waals surface area contributed by atoms with Crippen molar-refractivity contribution in [2.45, 2.75) is 61.5 Å². The van der Waals surface area contributed by atoms with Crippen molar-refractivity contribution in [2.24, 2.45) is 5.92 Å². The number of epoxide rings is 1. The van der Waals surface area contributed by atoms with Crippen LogP contribution in [0.5, 0.6) is 0 Å². The van der Waals surface area contributed by atoms with Gasteiger partial charge >= 0.3 is 16.4 Å². The molecule has 2 saturated heterocycles. The molecule has 0 amide bonds. The highest BCUT2D eigenvalue weighted by Gasteiger charge is 2.64. The van der Waals surface area contributed by atoms with E-state index in [0.717, 1.165) is 0 Å². The van der Waals surface area contributed by atoms with Crippen LogP contribution >= 0.6 is 0 Å². The lowest BCUT2D eigenvalue weighted by atomic mass is 9.82. The van der Waals surface area contributed by atoms with Crippen molar-refractivity contribution in [1.82, 2.24) is 0 Å². The number of carbonyl (C=O) groups is 1. The Hall–Kier alpha value is -0.940. The summed E-state index contributed by atoms with van der Waals surface area (Å²) in [6.45, 7) is -0.844. The van der Waals surface area contributed by atoms with Crippen molar-refractivity contribution in [2.75, 3.05) is 6.61 Å². The molecule has 4 unspecified atom stereocenters. The number of aliphatic hydroxyl groups is 4. The highest BCUT2D eigenvalue weighted by atomic mass is 32.3. The largest absolute Gasteiger partial charge is 0.481 e. The molecule has 3 fully saturated rings. The zero-order valence-corrected chi connectivity index (χ0v) is 14.5. The quantitative estimate of drug-likeness (QED) is 0.181. The maximum absolute atomic E-state index is 11.5. The molecular weight excluding hydrogens is 396 g/mol. The van der Waals surface area contributed by atoms with E-state index < -0.39 is 84.0 Å². The van der Waals surface area contributed by atoms with Crippen molar-refractivity contribution in [3.8, 4) is 0 Å². The Morgan fingerprint density at radius 2 is 1.70 bits per heavy atom. The molecule has 13 nitrogen and oxygen atoms in total. The first-order valence-corrected chi connectivity index (χ1v) is 9.39. The van der Waals surface area contributed by atoms with Gasteiger partial charge in [-0.05, 0) is 0 Å². The van der Waals surface area contributed by atoms with E-state index in [2.05, 4.69) is 4.18 Å². The van der Waals surface area contributed by atoms with Crippen molar-refractivity contribution in [3.63, 3.8) is 0 Å². The maximum Gasteiger partial charge on any atom is 0.397 e. The van der Waals surface area contributed by atoms with Crippen molar-refractivity contribution >= 4 is 16.4 Å². The fourth-order valence-electron chi connectivity index (χ4n) is 3.40. The van der Waals surface area contributed by atoms with Gasteiger partial charge in [0.15, 0.2) is 6.29 Å². The minimum absolute atomic E-state index is 0.329. The molecule has 2 aliphatic heterocycles. The highest BCUT2D eigenvalue weighted by Crippen LogP contribution is 2.43. The van der Waals surface area contributed by atoms with E-state index in [1.165, 1.54) is 0 Å². The van der Waals surface area contributed by atoms with E-state index in [0.29, 0.717) is 0 Å². The summed E-state index contributed by atoms with van der Waals surface area (Å²) < 4.78 is 49.8. The fourth-order valence-corrected chi connectivity index (χ4v) is 3.71. The molecule has 2 heterocycles. The number of hydrogen-bond donors (Lipinski definition) is 6. The van der Waals surface area contributed by atoms with Gasteiger partial charge in [-0.25, -0.2) is 4.18 Å². The van der Waals surface area contributed by atoms with Crippen LogP contribution in [-0.4, -0.2) is 106 Å². The molecule has 1 saturated carbocycles. The van der Waals surface area contributed by atoms with Crippen LogP contribution in [0, 0.1) is 5.92 Å². The molecule has 1 aliphatic carbocycles. The topological polar surface area (TPSA) is 213 Å². The second kappa shape index (κ2) is 7.47. The monoisotopic (exact) mass is 416 g/mol. The molecule has 3 rings (SSSR count). The van der Waals surface area contributed by atoms with Gasteiger partial charge in [0.2, 0.25) is 0 Å². The number of fused-ring (bicyclic) bond motifs is 1. The van der Waals surface area contributed by atoms with Gasteiger partial charge in [0.25, 0.3) is 0 Å². The smallest absolute Gasteiger partial charge is 0.397 e. The molecule has 0 aromatic rings. The Balaban J connectivity index is 1.70. The minimum Gasteiger partial charge on any atom is -0.481 e. The van der Waals surface area contributed by atoms with Gasteiger partial charge in [-0.15, -0.1) is 0 Å². The first-order valence-electron chi connectivity index (χ1n) is 8.03. The van der Waals surface area contributed by atoms with Gasteiger partial charge < -0.3 is 39.7 Å². The fraction of sp³-hybridized carbons (Fsp3) is 0.923. The number of hydrogen-bond acceptors (Lipinski definition) is 11. The van der Waals surface area contributed by atoms with Gasteiger partial charge in [-0.3, -0.25) is 9.35 Å². The zero-order valence-electron chi connectivity index (χ0n) is 13.6. The Labute approximate surface area is 153 Å². The van der Waals surface area contributed by atoms with Gasteiger partial charge in [-0.1, -0.05) is 0 Å². The summed E-state index contributed by atoms with van der Waals surface area (Å²) in [5, 5.41) is 49.2. The van der Waals surface area contributed by atoms with E-state index >= 15 is 0 Å². The highest BCUT2D eigenvalue weighted by molar-refractivity contribution is 7.80. The van der Waals surface area contributed by atoms with Crippen LogP contribution < -0.4 is 0 Å². The zero-order chi connectivity index (χ0) is 20.1. The van der Waals surface area contributed by atoms with Gasteiger partial charge in [0.1, 0.15) is 48.6 Å². The molecule has 10 atom stereocenters. The van der Waals surface area contributed by atoms with Crippen LogP contribution in [0.4, 0.5) is 0 Å². The molecule has 0 radical (unpaired) electrons. The van der Waals surface area contributed by atoms with E-state index in [1.54, 1.807) is 0 Å². The van der Waals surface area contributed by atoms with Crippen LogP contribution in [-0.2, 0) is 33.6 Å².